The van der Waals surface area contributed by atoms with Crippen molar-refractivity contribution in [3.05, 3.63) is 0 Å². The van der Waals surface area contributed by atoms with E-state index < -0.39 is 14.0 Å². The van der Waals surface area contributed by atoms with E-state index in [-0.39, 0.29) is 0 Å². The van der Waals surface area contributed by atoms with Crippen molar-refractivity contribution < 1.29 is 14.0 Å². The number of hydrogen-bond acceptors (Lipinski definition) is 0. The van der Waals surface area contributed by atoms with Gasteiger partial charge in [-0.25, -0.2) is 0 Å². The molecule has 0 aliphatic rings. The van der Waals surface area contributed by atoms with Crippen LogP contribution in [0.15, 0.2) is 0 Å². The summed E-state index contributed by atoms with van der Waals surface area (Å²) >= 11 is -2.00. The molecule has 0 saturated carbocycles. The van der Waals surface area contributed by atoms with Gasteiger partial charge in [0.05, 0.1) is 0 Å². The van der Waals surface area contributed by atoms with E-state index >= 15 is 0 Å². The molecule has 0 amide bonds. The molecule has 0 unspecified atom stereocenters. The molecule has 0 rings (SSSR count). The van der Waals surface area contributed by atoms with Crippen molar-refractivity contribution in [1.29, 1.82) is 0 Å². The van der Waals surface area contributed by atoms with Crippen molar-refractivity contribution in [3.8, 4) is 0 Å². The molecule has 0 nitrogen and oxygen atoms in total. The number of halogens is 2. The second-order valence-electron chi connectivity index (χ2n) is 0.839. The third kappa shape index (κ3) is 35.0. The van der Waals surface area contributed by atoms with Crippen LogP contribution in [-0.4, -0.2) is 0 Å². The monoisotopic (exact) mass is 295 g/mol. The average Bonchev–Trinajstić information content (AvgIpc) is 0.722. The fourth-order valence-electron chi connectivity index (χ4n) is 0. The molecule has 0 aromatic carbocycles. The van der Waals surface area contributed by atoms with Gasteiger partial charge in [0.1, 0.15) is 0 Å². The quantitative estimate of drug-likeness (QED) is 0.644. The van der Waals surface area contributed by atoms with Gasteiger partial charge in [0.2, 0.25) is 0 Å². The van der Waals surface area contributed by atoms with E-state index in [1.165, 1.54) is 0 Å². The Bertz CT molecular complexity index is 23.1. The van der Waals surface area contributed by atoms with E-state index in [2.05, 4.69) is 0 Å². The Kier molecular flexibility index (Phi) is 2.28. The summed E-state index contributed by atoms with van der Waals surface area (Å²) in [4.78, 5) is 0. The molecule has 5 heavy (non-hydrogen) atoms. The normalized spacial score (nSPS) is 15.2. The van der Waals surface area contributed by atoms with Crippen LogP contribution in [0.1, 0.15) is 0 Å². The first-order valence-electron chi connectivity index (χ1n) is 0.872. The Labute approximate surface area is 43.5 Å². The van der Waals surface area contributed by atoms with Crippen LogP contribution in [0.3, 0.4) is 0 Å². The van der Waals surface area contributed by atoms with Crippen LogP contribution < -0.4 is 0 Å². The van der Waals surface area contributed by atoms with Crippen molar-refractivity contribution in [2.45, 2.75) is 10.6 Å². The molecular weight excluding hydrogens is 290 g/mol. The molecule has 0 heterocycles. The van der Waals surface area contributed by atoms with Crippen LogP contribution in [0.25, 0.3) is 0 Å². The first kappa shape index (κ1) is 6.27. The molecule has 0 radical (unpaired) electrons. The Morgan fingerprint density at radius 3 is 1.20 bits per heavy atom. The zero-order valence-electron chi connectivity index (χ0n) is 3.07. The predicted molar refractivity (Wildman–Crippen MR) is 23.4 cm³/mol. The number of rotatable bonds is 0. The van der Waals surface area contributed by atoms with E-state index in [0.717, 1.165) is 0 Å². The van der Waals surface area contributed by atoms with Gasteiger partial charge < -0.3 is 0 Å². The van der Waals surface area contributed by atoms with Crippen LogP contribution in [-0.2, 0) is 14.0 Å². The van der Waals surface area contributed by atoms with E-state index in [9.17, 15) is 0 Å². The predicted octanol–water partition coefficient (Wildman–Crippen LogP) is 2.54. The molecule has 0 bridgehead atoms. The van der Waals surface area contributed by atoms with Gasteiger partial charge in [0.25, 0.3) is 0 Å². The van der Waals surface area contributed by atoms with Gasteiger partial charge in [-0.3, -0.25) is 0 Å². The molecule has 0 N–H and O–H groups in total. The average molecular weight is 296 g/mol. The van der Waals surface area contributed by atoms with Gasteiger partial charge in [-0.1, -0.05) is 0 Å². The molecule has 0 aromatic heterocycles. The summed E-state index contributed by atoms with van der Waals surface area (Å²) < 4.78 is 0. The van der Waals surface area contributed by atoms with E-state index in [1.54, 1.807) is 0 Å². The summed E-state index contributed by atoms with van der Waals surface area (Å²) in [5.41, 5.74) is 0. The third-order valence-electron chi connectivity index (χ3n) is 0. The maximum atomic E-state index is 5.48. The standard InChI is InChI=1S/2CH3.2ClH.Pt/h2*1H3;2*1H;/q;;;;+2/p-2. The van der Waals surface area contributed by atoms with Gasteiger partial charge in [-0.2, -0.15) is 0 Å². The maximum absolute atomic E-state index is 5.48. The van der Waals surface area contributed by atoms with Gasteiger partial charge in [-0.05, 0) is 0 Å². The fourth-order valence-corrected chi connectivity index (χ4v) is 0. The summed E-state index contributed by atoms with van der Waals surface area (Å²) in [6.07, 6.45) is 0. The molecule has 0 aromatic rings. The minimum atomic E-state index is -2.00. The van der Waals surface area contributed by atoms with E-state index in [4.69, 9.17) is 18.8 Å². The molecule has 0 fully saturated rings. The molecule has 0 aliphatic heterocycles. The van der Waals surface area contributed by atoms with Gasteiger partial charge >= 0.3 is 43.4 Å². The zero-order valence-corrected chi connectivity index (χ0v) is 6.86. The SMILES string of the molecule is [CH3][Pt]([CH3])([Cl])[Cl]. The Morgan fingerprint density at radius 2 is 1.20 bits per heavy atom. The summed E-state index contributed by atoms with van der Waals surface area (Å²) in [7, 11) is 11.0. The van der Waals surface area contributed by atoms with Gasteiger partial charge in [-0.15, -0.1) is 0 Å². The first-order chi connectivity index (χ1) is 2.00. The summed E-state index contributed by atoms with van der Waals surface area (Å²) in [5.74, 6) is 0. The van der Waals surface area contributed by atoms with Crippen molar-refractivity contribution in [2.75, 3.05) is 0 Å². The van der Waals surface area contributed by atoms with Crippen LogP contribution in [0.2, 0.25) is 10.6 Å². The summed E-state index contributed by atoms with van der Waals surface area (Å²) in [6.45, 7) is 0. The molecule has 3 heteroatoms. The Morgan fingerprint density at radius 1 is 1.20 bits per heavy atom. The summed E-state index contributed by atoms with van der Waals surface area (Å²) in [6, 6.07) is 0. The Balaban J connectivity index is 3.02. The molecule has 0 aliphatic carbocycles. The van der Waals surface area contributed by atoms with Crippen molar-refractivity contribution in [2.24, 2.45) is 0 Å². The van der Waals surface area contributed by atoms with Crippen LogP contribution >= 0.6 is 18.8 Å². The minimum absolute atomic E-state index is 1.90. The fraction of sp³-hybridized carbons (Fsp3) is 1.00. The molecule has 0 atom stereocenters. The van der Waals surface area contributed by atoms with Crippen LogP contribution in [0.4, 0.5) is 0 Å². The van der Waals surface area contributed by atoms with Crippen molar-refractivity contribution >= 4 is 18.8 Å². The number of hydrogen-bond donors (Lipinski definition) is 0. The van der Waals surface area contributed by atoms with Crippen LogP contribution in [0, 0.1) is 0 Å². The molecular formula is C2H6Cl2Pt. The molecule has 38 valence electrons. The third-order valence-corrected chi connectivity index (χ3v) is 0. The van der Waals surface area contributed by atoms with Gasteiger partial charge in [0.15, 0.2) is 0 Å². The van der Waals surface area contributed by atoms with Crippen LogP contribution in [0.5, 0.6) is 0 Å². The van der Waals surface area contributed by atoms with E-state index in [0.29, 0.717) is 0 Å². The summed E-state index contributed by atoms with van der Waals surface area (Å²) in [5, 5.41) is 3.80. The van der Waals surface area contributed by atoms with Crippen molar-refractivity contribution in [1.82, 2.24) is 0 Å². The second-order valence-corrected chi connectivity index (χ2v) is 17.7. The zero-order chi connectivity index (χ0) is 4.50. The van der Waals surface area contributed by atoms with E-state index in [1.807, 2.05) is 10.6 Å². The molecule has 0 saturated heterocycles. The van der Waals surface area contributed by atoms with Crippen molar-refractivity contribution in [3.63, 3.8) is 0 Å². The van der Waals surface area contributed by atoms with Gasteiger partial charge in [0, 0.05) is 0 Å². The second kappa shape index (κ2) is 1.82. The first-order valence-corrected chi connectivity index (χ1v) is 11.0. The molecule has 0 spiro atoms. The topological polar surface area (TPSA) is 0 Å². The Hall–Kier alpha value is 1.27.